The smallest absolute Gasteiger partial charge is 0.207 e. The number of hydrazine groups is 1. The van der Waals surface area contributed by atoms with Crippen molar-refractivity contribution in [2.45, 2.75) is 0 Å². The van der Waals surface area contributed by atoms with Crippen LogP contribution in [0.5, 0.6) is 0 Å². The standard InChI is InChI=1S/C8H7N7/c9-10-7-5-3-1-2-4-6(5)8-11-13-14-15(8)12-7/h1-4H,9H2,(H,10,12). The van der Waals surface area contributed by atoms with Gasteiger partial charge in [-0.15, -0.1) is 14.8 Å². The fraction of sp³-hybridized carbons (Fsp3) is 0. The number of aromatic nitrogens is 5. The largest absolute Gasteiger partial charge is 0.306 e. The second-order valence-corrected chi connectivity index (χ2v) is 3.03. The molecule has 3 aromatic rings. The van der Waals surface area contributed by atoms with Crippen LogP contribution in [0.15, 0.2) is 24.3 Å². The summed E-state index contributed by atoms with van der Waals surface area (Å²) in [5.74, 6) is 5.93. The van der Waals surface area contributed by atoms with Crippen LogP contribution in [0.3, 0.4) is 0 Å². The van der Waals surface area contributed by atoms with E-state index in [9.17, 15) is 0 Å². The van der Waals surface area contributed by atoms with Gasteiger partial charge in [0.1, 0.15) is 0 Å². The molecular formula is C8H7N7. The van der Waals surface area contributed by atoms with Gasteiger partial charge in [0.2, 0.25) is 5.65 Å². The summed E-state index contributed by atoms with van der Waals surface area (Å²) in [5, 5.41) is 17.1. The molecule has 1 aromatic carbocycles. The molecule has 2 aromatic heterocycles. The van der Waals surface area contributed by atoms with Crippen LogP contribution in [0.2, 0.25) is 0 Å². The summed E-state index contributed by atoms with van der Waals surface area (Å²) in [6, 6.07) is 7.65. The van der Waals surface area contributed by atoms with Crippen molar-refractivity contribution in [1.82, 2.24) is 25.3 Å². The Hall–Kier alpha value is -2.28. The predicted octanol–water partition coefficient (Wildman–Crippen LogP) is -0.0419. The minimum Gasteiger partial charge on any atom is -0.306 e. The van der Waals surface area contributed by atoms with E-state index in [-0.39, 0.29) is 0 Å². The minimum atomic E-state index is 0.547. The van der Waals surface area contributed by atoms with Crippen LogP contribution in [-0.4, -0.2) is 25.3 Å². The number of rotatable bonds is 1. The molecule has 0 saturated carbocycles. The molecule has 0 saturated heterocycles. The van der Waals surface area contributed by atoms with Crippen molar-refractivity contribution in [3.8, 4) is 0 Å². The van der Waals surface area contributed by atoms with Gasteiger partial charge in [-0.1, -0.05) is 24.3 Å². The van der Waals surface area contributed by atoms with E-state index in [0.717, 1.165) is 10.8 Å². The molecular weight excluding hydrogens is 194 g/mol. The van der Waals surface area contributed by atoms with Gasteiger partial charge in [-0.05, 0) is 10.4 Å². The summed E-state index contributed by atoms with van der Waals surface area (Å²) in [4.78, 5) is 0. The summed E-state index contributed by atoms with van der Waals surface area (Å²) in [6.45, 7) is 0. The van der Waals surface area contributed by atoms with Gasteiger partial charge in [0.15, 0.2) is 5.82 Å². The minimum absolute atomic E-state index is 0.547. The van der Waals surface area contributed by atoms with Crippen LogP contribution in [0.1, 0.15) is 0 Å². The highest BCUT2D eigenvalue weighted by Gasteiger charge is 2.08. The Morgan fingerprint density at radius 3 is 2.80 bits per heavy atom. The highest BCUT2D eigenvalue weighted by molar-refractivity contribution is 5.99. The lowest BCUT2D eigenvalue weighted by Gasteiger charge is -2.03. The fourth-order valence-electron chi connectivity index (χ4n) is 1.55. The number of hydrogen-bond acceptors (Lipinski definition) is 6. The summed E-state index contributed by atoms with van der Waals surface area (Å²) in [6.07, 6.45) is 0. The molecule has 7 heteroatoms. The van der Waals surface area contributed by atoms with Gasteiger partial charge in [0, 0.05) is 10.8 Å². The van der Waals surface area contributed by atoms with Crippen LogP contribution in [0.4, 0.5) is 5.82 Å². The van der Waals surface area contributed by atoms with E-state index < -0.39 is 0 Å². The second-order valence-electron chi connectivity index (χ2n) is 3.03. The Labute approximate surface area is 83.8 Å². The SMILES string of the molecule is NNc1nn2nnnc2c2ccccc12. The van der Waals surface area contributed by atoms with E-state index in [1.165, 1.54) is 4.63 Å². The number of hydrogen-bond donors (Lipinski definition) is 2. The molecule has 3 N–H and O–H groups in total. The van der Waals surface area contributed by atoms with Gasteiger partial charge in [0.05, 0.1) is 0 Å². The Kier molecular flexibility index (Phi) is 1.53. The molecule has 0 bridgehead atoms. The summed E-state index contributed by atoms with van der Waals surface area (Å²) in [5.41, 5.74) is 3.14. The van der Waals surface area contributed by atoms with Crippen molar-refractivity contribution in [1.29, 1.82) is 0 Å². The Morgan fingerprint density at radius 1 is 1.20 bits per heavy atom. The molecule has 0 aliphatic carbocycles. The van der Waals surface area contributed by atoms with Crippen molar-refractivity contribution in [3.05, 3.63) is 24.3 Å². The lowest BCUT2D eigenvalue weighted by atomic mass is 10.2. The maximum absolute atomic E-state index is 5.38. The van der Waals surface area contributed by atoms with Gasteiger partial charge in [-0.2, -0.15) is 0 Å². The third-order valence-corrected chi connectivity index (χ3v) is 2.21. The van der Waals surface area contributed by atoms with Crippen molar-refractivity contribution in [3.63, 3.8) is 0 Å². The molecule has 0 spiro atoms. The highest BCUT2D eigenvalue weighted by atomic mass is 15.6. The molecule has 7 nitrogen and oxygen atoms in total. The number of nitrogens with zero attached hydrogens (tertiary/aromatic N) is 5. The molecule has 15 heavy (non-hydrogen) atoms. The summed E-state index contributed by atoms with van der Waals surface area (Å²) < 4.78 is 1.34. The van der Waals surface area contributed by atoms with Crippen LogP contribution in [0.25, 0.3) is 16.4 Å². The molecule has 0 amide bonds. The number of nitrogens with two attached hydrogens (primary N) is 1. The number of tetrazole rings is 1. The van der Waals surface area contributed by atoms with Crippen molar-refractivity contribution >= 4 is 22.2 Å². The van der Waals surface area contributed by atoms with Gasteiger partial charge >= 0.3 is 0 Å². The first-order valence-corrected chi connectivity index (χ1v) is 4.34. The monoisotopic (exact) mass is 201 g/mol. The molecule has 3 rings (SSSR count). The Balaban J connectivity index is 2.58. The highest BCUT2D eigenvalue weighted by Crippen LogP contribution is 2.22. The molecule has 0 fully saturated rings. The average molecular weight is 201 g/mol. The van der Waals surface area contributed by atoms with E-state index in [0.29, 0.717) is 11.5 Å². The molecule has 0 radical (unpaired) electrons. The topological polar surface area (TPSA) is 94.0 Å². The summed E-state index contributed by atoms with van der Waals surface area (Å²) >= 11 is 0. The molecule has 0 aliphatic heterocycles. The Morgan fingerprint density at radius 2 is 2.00 bits per heavy atom. The first-order valence-electron chi connectivity index (χ1n) is 4.34. The lowest BCUT2D eigenvalue weighted by Crippen LogP contribution is -2.11. The number of benzene rings is 1. The van der Waals surface area contributed by atoms with E-state index in [4.69, 9.17) is 5.84 Å². The fourth-order valence-corrected chi connectivity index (χ4v) is 1.55. The van der Waals surface area contributed by atoms with Crippen LogP contribution < -0.4 is 11.3 Å². The van der Waals surface area contributed by atoms with Crippen molar-refractivity contribution in [2.24, 2.45) is 5.84 Å². The van der Waals surface area contributed by atoms with E-state index >= 15 is 0 Å². The zero-order chi connectivity index (χ0) is 10.3. The normalized spacial score (nSPS) is 11.0. The quantitative estimate of drug-likeness (QED) is 0.423. The van der Waals surface area contributed by atoms with E-state index in [1.54, 1.807) is 0 Å². The Bertz CT molecular complexity index is 629. The molecule has 0 unspecified atom stereocenters. The average Bonchev–Trinajstić information content (AvgIpc) is 2.76. The molecule has 2 heterocycles. The van der Waals surface area contributed by atoms with Gasteiger partial charge in [-0.25, -0.2) is 5.84 Å². The predicted molar refractivity (Wildman–Crippen MR) is 53.9 cm³/mol. The number of nitrogen functional groups attached to an aromatic ring is 1. The summed E-state index contributed by atoms with van der Waals surface area (Å²) in [7, 11) is 0. The number of anilines is 1. The van der Waals surface area contributed by atoms with Crippen molar-refractivity contribution < 1.29 is 0 Å². The maximum atomic E-state index is 5.38. The van der Waals surface area contributed by atoms with Crippen molar-refractivity contribution in [2.75, 3.05) is 5.43 Å². The van der Waals surface area contributed by atoms with E-state index in [1.807, 2.05) is 24.3 Å². The third-order valence-electron chi connectivity index (χ3n) is 2.21. The second kappa shape index (κ2) is 2.85. The van der Waals surface area contributed by atoms with Gasteiger partial charge in [-0.3, -0.25) is 0 Å². The number of nitrogens with one attached hydrogen (secondary N) is 1. The lowest BCUT2D eigenvalue weighted by molar-refractivity contribution is 0.738. The first kappa shape index (κ1) is 8.06. The van der Waals surface area contributed by atoms with E-state index in [2.05, 4.69) is 26.0 Å². The zero-order valence-electron chi connectivity index (χ0n) is 7.62. The van der Waals surface area contributed by atoms with Crippen LogP contribution in [0, 0.1) is 0 Å². The van der Waals surface area contributed by atoms with Gasteiger partial charge < -0.3 is 5.43 Å². The van der Waals surface area contributed by atoms with Crippen LogP contribution in [-0.2, 0) is 0 Å². The molecule has 0 aliphatic rings. The third kappa shape index (κ3) is 1.03. The van der Waals surface area contributed by atoms with Crippen LogP contribution >= 0.6 is 0 Å². The molecule has 74 valence electrons. The molecule has 0 atom stereocenters. The maximum Gasteiger partial charge on any atom is 0.207 e. The van der Waals surface area contributed by atoms with Gasteiger partial charge in [0.25, 0.3) is 0 Å². The zero-order valence-corrected chi connectivity index (χ0v) is 7.62. The first-order chi connectivity index (χ1) is 7.40. The number of fused-ring (bicyclic) bond motifs is 3.